The van der Waals surface area contributed by atoms with Crippen LogP contribution in [0, 0.1) is 0 Å². The van der Waals surface area contributed by atoms with E-state index in [-0.39, 0.29) is 6.04 Å². The minimum atomic E-state index is 0.178. The highest BCUT2D eigenvalue weighted by Gasteiger charge is 2.07. The first-order valence-electron chi connectivity index (χ1n) is 6.95. The lowest BCUT2D eigenvalue weighted by molar-refractivity contribution is 0.740. The van der Waals surface area contributed by atoms with Crippen molar-refractivity contribution in [3.8, 4) is 0 Å². The molecule has 3 N–H and O–H groups in total. The summed E-state index contributed by atoms with van der Waals surface area (Å²) in [5, 5.41) is 6.46. The van der Waals surface area contributed by atoms with E-state index >= 15 is 0 Å². The number of nitrogens with zero attached hydrogens (tertiary/aromatic N) is 3. The van der Waals surface area contributed by atoms with E-state index in [1.54, 1.807) is 0 Å². The fourth-order valence-electron chi connectivity index (χ4n) is 1.68. The van der Waals surface area contributed by atoms with Crippen molar-refractivity contribution in [3.05, 3.63) is 12.2 Å². The summed E-state index contributed by atoms with van der Waals surface area (Å²) in [6.07, 6.45) is 7.58. The van der Waals surface area contributed by atoms with Gasteiger partial charge in [-0.25, -0.2) is 0 Å². The predicted molar refractivity (Wildman–Crippen MR) is 93.4 cm³/mol. The largest absolute Gasteiger partial charge is 0.354 e. The second-order valence-electron chi connectivity index (χ2n) is 4.49. The number of halogens is 1. The molecular weight excluding hydrogens is 367 g/mol. The van der Waals surface area contributed by atoms with Gasteiger partial charge in [0.25, 0.3) is 0 Å². The normalized spacial score (nSPS) is 12.4. The van der Waals surface area contributed by atoms with E-state index in [2.05, 4.69) is 49.0 Å². The van der Waals surface area contributed by atoms with Gasteiger partial charge in [-0.15, -0.1) is 0 Å². The summed E-state index contributed by atoms with van der Waals surface area (Å²) in [5.74, 6) is 1.72. The SMILES string of the molecule is C/C=C\[C@H](C)Nc1nc(NI)nc(NCCCCC)n1. The van der Waals surface area contributed by atoms with Gasteiger partial charge in [0.2, 0.25) is 17.8 Å². The minimum absolute atomic E-state index is 0.178. The lowest BCUT2D eigenvalue weighted by Gasteiger charge is -2.12. The number of aromatic nitrogens is 3. The van der Waals surface area contributed by atoms with E-state index in [0.29, 0.717) is 17.8 Å². The number of allylic oxidation sites excluding steroid dienone is 1. The van der Waals surface area contributed by atoms with Gasteiger partial charge in [-0.2, -0.15) is 15.0 Å². The standard InChI is InChI=1S/C13H23IN6/c1-4-6-7-9-15-11-17-12(16-10(3)8-5-2)19-13(18-11)20-14/h5,8,10H,4,6-7,9H2,1-3H3,(H3,15,16,17,18,19,20)/b8-5-/t10-/m0/s1. The third-order valence-electron chi connectivity index (χ3n) is 2.62. The maximum atomic E-state index is 4.38. The van der Waals surface area contributed by atoms with Gasteiger partial charge < -0.3 is 10.6 Å². The van der Waals surface area contributed by atoms with Gasteiger partial charge in [0.15, 0.2) is 0 Å². The zero-order chi connectivity index (χ0) is 14.8. The average molecular weight is 390 g/mol. The molecule has 0 aliphatic rings. The Morgan fingerprint density at radius 1 is 1.15 bits per heavy atom. The second-order valence-corrected chi connectivity index (χ2v) is 5.03. The van der Waals surface area contributed by atoms with E-state index in [1.165, 1.54) is 12.8 Å². The first-order chi connectivity index (χ1) is 9.69. The third kappa shape index (κ3) is 6.36. The van der Waals surface area contributed by atoms with E-state index in [9.17, 15) is 0 Å². The monoisotopic (exact) mass is 390 g/mol. The maximum Gasteiger partial charge on any atom is 0.238 e. The van der Waals surface area contributed by atoms with Crippen molar-refractivity contribution in [2.24, 2.45) is 0 Å². The molecule has 1 aromatic rings. The van der Waals surface area contributed by atoms with Crippen molar-refractivity contribution in [1.82, 2.24) is 15.0 Å². The topological polar surface area (TPSA) is 74.8 Å². The molecule has 1 heterocycles. The fraction of sp³-hybridized carbons (Fsp3) is 0.615. The Kier molecular flexibility index (Phi) is 8.24. The van der Waals surface area contributed by atoms with Crippen LogP contribution < -0.4 is 14.2 Å². The Balaban J connectivity index is 2.69. The molecule has 0 amide bonds. The highest BCUT2D eigenvalue weighted by Crippen LogP contribution is 2.12. The summed E-state index contributed by atoms with van der Waals surface area (Å²) in [6.45, 7) is 7.10. The van der Waals surface area contributed by atoms with Crippen LogP contribution in [-0.2, 0) is 0 Å². The van der Waals surface area contributed by atoms with Crippen molar-refractivity contribution >= 4 is 40.7 Å². The molecule has 0 saturated carbocycles. The van der Waals surface area contributed by atoms with Crippen LogP contribution in [0.4, 0.5) is 17.8 Å². The lowest BCUT2D eigenvalue weighted by Crippen LogP contribution is -2.16. The summed E-state index contributed by atoms with van der Waals surface area (Å²) in [4.78, 5) is 13.0. The maximum absolute atomic E-state index is 4.38. The molecule has 0 bridgehead atoms. The molecule has 0 radical (unpaired) electrons. The molecule has 0 aromatic carbocycles. The fourth-order valence-corrected chi connectivity index (χ4v) is 1.92. The first-order valence-corrected chi connectivity index (χ1v) is 8.03. The molecule has 1 aromatic heterocycles. The molecule has 0 saturated heterocycles. The second kappa shape index (κ2) is 9.73. The van der Waals surface area contributed by atoms with E-state index in [4.69, 9.17) is 0 Å². The van der Waals surface area contributed by atoms with Crippen molar-refractivity contribution in [1.29, 1.82) is 0 Å². The summed E-state index contributed by atoms with van der Waals surface area (Å²) in [5.41, 5.74) is 0. The van der Waals surface area contributed by atoms with Crippen LogP contribution in [0.5, 0.6) is 0 Å². The van der Waals surface area contributed by atoms with Crippen LogP contribution in [0.1, 0.15) is 40.0 Å². The number of rotatable bonds is 9. The molecule has 1 atom stereocenters. The summed E-state index contributed by atoms with van der Waals surface area (Å²) < 4.78 is 2.92. The highest BCUT2D eigenvalue weighted by atomic mass is 127. The molecule has 20 heavy (non-hydrogen) atoms. The quantitative estimate of drug-likeness (QED) is 0.259. The van der Waals surface area contributed by atoms with E-state index < -0.39 is 0 Å². The Morgan fingerprint density at radius 2 is 1.85 bits per heavy atom. The van der Waals surface area contributed by atoms with Gasteiger partial charge in [-0.05, 0) is 20.3 Å². The number of hydrogen-bond donors (Lipinski definition) is 3. The van der Waals surface area contributed by atoms with Crippen molar-refractivity contribution in [2.45, 2.75) is 46.1 Å². The summed E-state index contributed by atoms with van der Waals surface area (Å²) in [6, 6.07) is 0.178. The predicted octanol–water partition coefficient (Wildman–Crippen LogP) is 3.61. The van der Waals surface area contributed by atoms with Crippen LogP contribution in [0.25, 0.3) is 0 Å². The van der Waals surface area contributed by atoms with Crippen LogP contribution in [0.3, 0.4) is 0 Å². The Hall–Kier alpha value is -1.12. The first kappa shape index (κ1) is 16.9. The van der Waals surface area contributed by atoms with Gasteiger partial charge in [0, 0.05) is 12.6 Å². The molecule has 0 aliphatic heterocycles. The number of unbranched alkanes of at least 4 members (excludes halogenated alkanes) is 2. The molecule has 1 rings (SSSR count). The van der Waals surface area contributed by atoms with Gasteiger partial charge in [-0.1, -0.05) is 31.9 Å². The van der Waals surface area contributed by atoms with Crippen molar-refractivity contribution < 1.29 is 0 Å². The zero-order valence-electron chi connectivity index (χ0n) is 12.3. The molecule has 112 valence electrons. The third-order valence-corrected chi connectivity index (χ3v) is 3.10. The van der Waals surface area contributed by atoms with Gasteiger partial charge in [-0.3, -0.25) is 3.53 Å². The van der Waals surface area contributed by atoms with Crippen LogP contribution in [0.2, 0.25) is 0 Å². The molecule has 0 fully saturated rings. The van der Waals surface area contributed by atoms with Gasteiger partial charge in [0.05, 0.1) is 22.9 Å². The Labute approximate surface area is 134 Å². The van der Waals surface area contributed by atoms with Crippen LogP contribution in [0.15, 0.2) is 12.2 Å². The smallest absolute Gasteiger partial charge is 0.238 e. The van der Waals surface area contributed by atoms with E-state index in [1.807, 2.05) is 35.9 Å². The number of nitrogens with one attached hydrogen (secondary N) is 3. The van der Waals surface area contributed by atoms with Gasteiger partial charge in [0.1, 0.15) is 0 Å². The highest BCUT2D eigenvalue weighted by molar-refractivity contribution is 14.1. The van der Waals surface area contributed by atoms with E-state index in [0.717, 1.165) is 13.0 Å². The molecular formula is C13H23IN6. The average Bonchev–Trinajstić information content (AvgIpc) is 2.43. The molecule has 0 unspecified atom stereocenters. The number of hydrogen-bond acceptors (Lipinski definition) is 6. The zero-order valence-corrected chi connectivity index (χ0v) is 14.4. The Morgan fingerprint density at radius 3 is 2.50 bits per heavy atom. The van der Waals surface area contributed by atoms with Crippen molar-refractivity contribution in [2.75, 3.05) is 20.7 Å². The minimum Gasteiger partial charge on any atom is -0.354 e. The molecule has 0 aliphatic carbocycles. The summed E-state index contributed by atoms with van der Waals surface area (Å²) in [7, 11) is 0. The lowest BCUT2D eigenvalue weighted by atomic mass is 10.2. The Bertz CT molecular complexity index is 423. The van der Waals surface area contributed by atoms with Crippen LogP contribution in [-0.4, -0.2) is 27.5 Å². The number of anilines is 3. The van der Waals surface area contributed by atoms with Crippen molar-refractivity contribution in [3.63, 3.8) is 0 Å². The molecule has 0 spiro atoms. The summed E-state index contributed by atoms with van der Waals surface area (Å²) >= 11 is 2.02. The molecule has 6 nitrogen and oxygen atoms in total. The van der Waals surface area contributed by atoms with Crippen LogP contribution >= 0.6 is 22.9 Å². The molecule has 7 heteroatoms. The van der Waals surface area contributed by atoms with Gasteiger partial charge >= 0.3 is 0 Å².